The minimum absolute atomic E-state index is 0.0687. The number of epoxide rings is 1. The highest BCUT2D eigenvalue weighted by molar-refractivity contribution is 5.94. The number of nitrogens with one attached hydrogen (secondary N) is 1. The summed E-state index contributed by atoms with van der Waals surface area (Å²) in [4.78, 5) is 11.4. The normalized spacial score (nSPS) is 18.7. The van der Waals surface area contributed by atoms with Crippen LogP contribution in [0.15, 0.2) is 18.2 Å². The molecular formula is C10H9F2NO2. The number of hydrogen-bond acceptors (Lipinski definition) is 2. The highest BCUT2D eigenvalue weighted by Crippen LogP contribution is 2.10. The van der Waals surface area contributed by atoms with Gasteiger partial charge in [-0.25, -0.2) is 8.78 Å². The lowest BCUT2D eigenvalue weighted by atomic mass is 10.2. The second-order valence-corrected chi connectivity index (χ2v) is 3.29. The molecule has 5 heteroatoms. The lowest BCUT2D eigenvalue weighted by Gasteiger charge is -2.03. The number of amides is 1. The molecular weight excluding hydrogens is 204 g/mol. The van der Waals surface area contributed by atoms with Crippen LogP contribution in [0, 0.1) is 11.6 Å². The van der Waals surface area contributed by atoms with Crippen LogP contribution in [-0.2, 0) is 4.74 Å². The fourth-order valence-corrected chi connectivity index (χ4v) is 1.13. The summed E-state index contributed by atoms with van der Waals surface area (Å²) < 4.78 is 30.2. The second-order valence-electron chi connectivity index (χ2n) is 3.29. The molecule has 0 unspecified atom stereocenters. The van der Waals surface area contributed by atoms with Crippen LogP contribution in [0.4, 0.5) is 8.78 Å². The third-order valence-corrected chi connectivity index (χ3v) is 2.07. The first-order chi connectivity index (χ1) is 7.16. The van der Waals surface area contributed by atoms with Crippen LogP contribution in [0.3, 0.4) is 0 Å². The Bertz CT molecular complexity index is 391. The Hall–Kier alpha value is -1.49. The van der Waals surface area contributed by atoms with Gasteiger partial charge in [0.25, 0.3) is 5.91 Å². The molecule has 1 fully saturated rings. The van der Waals surface area contributed by atoms with Crippen LogP contribution in [0.2, 0.25) is 0 Å². The smallest absolute Gasteiger partial charge is 0.251 e. The molecule has 0 saturated carbocycles. The summed E-state index contributed by atoms with van der Waals surface area (Å²) in [7, 11) is 0. The second kappa shape index (κ2) is 3.94. The third kappa shape index (κ3) is 2.50. The SMILES string of the molecule is O=C(NC[C@@H]1CO1)c1ccc(F)c(F)c1. The number of halogens is 2. The van der Waals surface area contributed by atoms with Crippen LogP contribution in [0.25, 0.3) is 0 Å². The van der Waals surface area contributed by atoms with Gasteiger partial charge >= 0.3 is 0 Å². The van der Waals surface area contributed by atoms with E-state index in [4.69, 9.17) is 4.74 Å². The standard InChI is InChI=1S/C10H9F2NO2/c11-8-2-1-6(3-9(8)12)10(14)13-4-7-5-15-7/h1-3,7H,4-5H2,(H,13,14)/t7-/m1/s1. The Kier molecular flexibility index (Phi) is 2.64. The topological polar surface area (TPSA) is 41.6 Å². The van der Waals surface area contributed by atoms with E-state index in [0.717, 1.165) is 12.1 Å². The van der Waals surface area contributed by atoms with E-state index in [1.165, 1.54) is 6.07 Å². The Morgan fingerprint density at radius 1 is 1.47 bits per heavy atom. The molecule has 0 aromatic heterocycles. The van der Waals surface area contributed by atoms with Crippen LogP contribution in [0.5, 0.6) is 0 Å². The molecule has 0 radical (unpaired) electrons. The number of carbonyl (C=O) groups excluding carboxylic acids is 1. The van der Waals surface area contributed by atoms with Crippen LogP contribution >= 0.6 is 0 Å². The molecule has 0 aliphatic carbocycles. The number of ether oxygens (including phenoxy) is 1. The summed E-state index contributed by atoms with van der Waals surface area (Å²) in [6.07, 6.45) is 0.0687. The fourth-order valence-electron chi connectivity index (χ4n) is 1.13. The van der Waals surface area contributed by atoms with Gasteiger partial charge < -0.3 is 10.1 Å². The van der Waals surface area contributed by atoms with Gasteiger partial charge in [-0.05, 0) is 18.2 Å². The quantitative estimate of drug-likeness (QED) is 0.764. The Morgan fingerprint density at radius 3 is 2.80 bits per heavy atom. The van der Waals surface area contributed by atoms with Gasteiger partial charge in [-0.1, -0.05) is 0 Å². The molecule has 2 rings (SSSR count). The Balaban J connectivity index is 2.00. The van der Waals surface area contributed by atoms with Gasteiger partial charge in [-0.2, -0.15) is 0 Å². The zero-order valence-electron chi connectivity index (χ0n) is 7.80. The van der Waals surface area contributed by atoms with Crippen molar-refractivity contribution in [3.63, 3.8) is 0 Å². The minimum atomic E-state index is -1.02. The average molecular weight is 213 g/mol. The molecule has 1 atom stereocenters. The fraction of sp³-hybridized carbons (Fsp3) is 0.300. The molecule has 80 valence electrons. The minimum Gasteiger partial charge on any atom is -0.371 e. The summed E-state index contributed by atoms with van der Waals surface area (Å²) in [5.74, 6) is -2.41. The number of benzene rings is 1. The largest absolute Gasteiger partial charge is 0.371 e. The van der Waals surface area contributed by atoms with Gasteiger partial charge in [0.2, 0.25) is 0 Å². The van der Waals surface area contributed by atoms with Crippen molar-refractivity contribution in [2.24, 2.45) is 0 Å². The molecule has 1 N–H and O–H groups in total. The van der Waals surface area contributed by atoms with Gasteiger partial charge in [-0.3, -0.25) is 4.79 Å². The first-order valence-electron chi connectivity index (χ1n) is 4.51. The summed E-state index contributed by atoms with van der Waals surface area (Å²) >= 11 is 0. The maximum Gasteiger partial charge on any atom is 0.251 e. The molecule has 1 saturated heterocycles. The lowest BCUT2D eigenvalue weighted by molar-refractivity contribution is 0.0950. The Morgan fingerprint density at radius 2 is 2.20 bits per heavy atom. The number of hydrogen-bond donors (Lipinski definition) is 1. The highest BCUT2D eigenvalue weighted by atomic mass is 19.2. The van der Waals surface area contributed by atoms with Crippen molar-refractivity contribution >= 4 is 5.91 Å². The molecule has 1 aromatic carbocycles. The van der Waals surface area contributed by atoms with Crippen molar-refractivity contribution in [3.05, 3.63) is 35.4 Å². The molecule has 1 aliphatic heterocycles. The summed E-state index contributed by atoms with van der Waals surface area (Å²) in [6.45, 7) is 1.04. The highest BCUT2D eigenvalue weighted by Gasteiger charge is 2.23. The predicted octanol–water partition coefficient (Wildman–Crippen LogP) is 1.09. The van der Waals surface area contributed by atoms with E-state index in [1.807, 2.05) is 0 Å². The van der Waals surface area contributed by atoms with E-state index in [1.54, 1.807) is 0 Å². The molecule has 1 aliphatic rings. The zero-order chi connectivity index (χ0) is 10.8. The molecule has 1 heterocycles. The van der Waals surface area contributed by atoms with E-state index < -0.39 is 17.5 Å². The van der Waals surface area contributed by atoms with Gasteiger partial charge in [-0.15, -0.1) is 0 Å². The summed E-state index contributed by atoms with van der Waals surface area (Å²) in [5, 5.41) is 2.55. The lowest BCUT2D eigenvalue weighted by Crippen LogP contribution is -2.27. The molecule has 15 heavy (non-hydrogen) atoms. The monoisotopic (exact) mass is 213 g/mol. The first kappa shape index (κ1) is 10.0. The van der Waals surface area contributed by atoms with Crippen molar-refractivity contribution in [1.29, 1.82) is 0 Å². The summed E-state index contributed by atoms with van der Waals surface area (Å²) in [6, 6.07) is 3.04. The number of carbonyl (C=O) groups is 1. The van der Waals surface area contributed by atoms with Crippen LogP contribution in [0.1, 0.15) is 10.4 Å². The predicted molar refractivity (Wildman–Crippen MR) is 48.4 cm³/mol. The Labute approximate surface area is 85.0 Å². The van der Waals surface area contributed by atoms with E-state index in [9.17, 15) is 13.6 Å². The van der Waals surface area contributed by atoms with Crippen molar-refractivity contribution < 1.29 is 18.3 Å². The van der Waals surface area contributed by atoms with Crippen LogP contribution in [-0.4, -0.2) is 25.2 Å². The molecule has 0 spiro atoms. The molecule has 1 amide bonds. The first-order valence-corrected chi connectivity index (χ1v) is 4.51. The zero-order valence-corrected chi connectivity index (χ0v) is 7.80. The van der Waals surface area contributed by atoms with Crippen molar-refractivity contribution in [2.45, 2.75) is 6.10 Å². The molecule has 1 aromatic rings. The van der Waals surface area contributed by atoms with Crippen molar-refractivity contribution in [2.75, 3.05) is 13.2 Å². The van der Waals surface area contributed by atoms with E-state index in [2.05, 4.69) is 5.32 Å². The molecule has 3 nitrogen and oxygen atoms in total. The van der Waals surface area contributed by atoms with Gasteiger partial charge in [0.15, 0.2) is 11.6 Å². The van der Waals surface area contributed by atoms with Gasteiger partial charge in [0.1, 0.15) is 0 Å². The van der Waals surface area contributed by atoms with Crippen molar-refractivity contribution in [3.8, 4) is 0 Å². The van der Waals surface area contributed by atoms with E-state index >= 15 is 0 Å². The maximum atomic E-state index is 12.8. The average Bonchev–Trinajstić information content (AvgIpc) is 3.02. The van der Waals surface area contributed by atoms with Crippen molar-refractivity contribution in [1.82, 2.24) is 5.32 Å². The third-order valence-electron chi connectivity index (χ3n) is 2.07. The molecule has 0 bridgehead atoms. The summed E-state index contributed by atoms with van der Waals surface area (Å²) in [5.41, 5.74) is 0.106. The van der Waals surface area contributed by atoms with E-state index in [-0.39, 0.29) is 11.7 Å². The van der Waals surface area contributed by atoms with Gasteiger partial charge in [0.05, 0.1) is 12.7 Å². The van der Waals surface area contributed by atoms with Crippen LogP contribution < -0.4 is 5.32 Å². The van der Waals surface area contributed by atoms with E-state index in [0.29, 0.717) is 13.2 Å². The van der Waals surface area contributed by atoms with Gasteiger partial charge in [0, 0.05) is 12.1 Å². The maximum absolute atomic E-state index is 12.8. The number of rotatable bonds is 3.